The van der Waals surface area contributed by atoms with Crippen LogP contribution in [0.1, 0.15) is 29.5 Å². The summed E-state index contributed by atoms with van der Waals surface area (Å²) < 4.78 is 9.69. The second kappa shape index (κ2) is 14.5. The van der Waals surface area contributed by atoms with Crippen molar-refractivity contribution in [3.63, 3.8) is 0 Å². The highest BCUT2D eigenvalue weighted by Crippen LogP contribution is 2.44. The lowest BCUT2D eigenvalue weighted by molar-refractivity contribution is 0.668. The van der Waals surface area contributed by atoms with Gasteiger partial charge >= 0.3 is 0 Å². The molecule has 1 aliphatic heterocycles. The third-order valence-corrected chi connectivity index (χ3v) is 13.8. The van der Waals surface area contributed by atoms with Gasteiger partial charge in [0.1, 0.15) is 11.2 Å². The topological polar surface area (TPSA) is 42.8 Å². The maximum absolute atomic E-state index is 7.25. The van der Waals surface area contributed by atoms with Crippen LogP contribution in [0.5, 0.6) is 0 Å². The van der Waals surface area contributed by atoms with Crippen molar-refractivity contribution in [3.05, 3.63) is 229 Å². The average Bonchev–Trinajstić information content (AvgIpc) is 3.91. The summed E-state index contributed by atoms with van der Waals surface area (Å²) in [7, 11) is 0. The number of fused-ring (bicyclic) bond motifs is 13. The van der Waals surface area contributed by atoms with Gasteiger partial charge in [0.2, 0.25) is 0 Å². The van der Waals surface area contributed by atoms with E-state index >= 15 is 0 Å². The molecule has 11 aromatic carbocycles. The zero-order chi connectivity index (χ0) is 43.3. The summed E-state index contributed by atoms with van der Waals surface area (Å²) >= 11 is 0. The lowest BCUT2D eigenvalue weighted by atomic mass is 9.96. The van der Waals surface area contributed by atoms with E-state index in [4.69, 9.17) is 14.4 Å². The van der Waals surface area contributed by atoms with E-state index in [1.807, 2.05) is 0 Å². The van der Waals surface area contributed by atoms with E-state index in [2.05, 4.69) is 217 Å². The van der Waals surface area contributed by atoms with Crippen LogP contribution in [0.15, 0.2) is 227 Å². The quantitative estimate of drug-likeness (QED) is 0.174. The summed E-state index contributed by atoms with van der Waals surface area (Å²) in [4.78, 5) is 11.6. The maximum Gasteiger partial charge on any atom is 0.165 e. The minimum Gasteiger partial charge on any atom is -0.455 e. The fourth-order valence-corrected chi connectivity index (χ4v) is 10.8. The second-order valence-electron chi connectivity index (χ2n) is 17.5. The zero-order valence-electron chi connectivity index (χ0n) is 35.9. The van der Waals surface area contributed by atoms with Crippen LogP contribution >= 0.6 is 0 Å². The first-order valence-corrected chi connectivity index (χ1v) is 22.8. The predicted octanol–water partition coefficient (Wildman–Crippen LogP) is 16.5. The van der Waals surface area contributed by atoms with Crippen LogP contribution in [0.2, 0.25) is 0 Å². The minimum absolute atomic E-state index is 0.609. The van der Waals surface area contributed by atoms with Crippen molar-refractivity contribution in [2.75, 3.05) is 0 Å². The van der Waals surface area contributed by atoms with E-state index in [0.717, 1.165) is 85.0 Å². The number of hydrogen-bond donors (Lipinski definition) is 0. The lowest BCUT2D eigenvalue weighted by Gasteiger charge is -2.18. The molecule has 308 valence electrons. The van der Waals surface area contributed by atoms with Crippen molar-refractivity contribution in [1.82, 2.24) is 4.57 Å². The van der Waals surface area contributed by atoms with Gasteiger partial charge < -0.3 is 8.98 Å². The van der Waals surface area contributed by atoms with Crippen molar-refractivity contribution in [2.24, 2.45) is 9.98 Å². The molecular weight excluding hydrogens is 803 g/mol. The molecule has 1 aliphatic rings. The van der Waals surface area contributed by atoms with Crippen molar-refractivity contribution >= 4 is 115 Å². The van der Waals surface area contributed by atoms with E-state index in [9.17, 15) is 0 Å². The Kier molecular flexibility index (Phi) is 8.07. The number of benzene rings is 11. The maximum atomic E-state index is 7.25. The Morgan fingerprint density at radius 2 is 1.05 bits per heavy atom. The molecule has 4 heteroatoms. The Hall–Kier alpha value is -8.60. The van der Waals surface area contributed by atoms with E-state index in [1.165, 1.54) is 59.2 Å². The van der Waals surface area contributed by atoms with E-state index in [-0.39, 0.29) is 0 Å². The number of rotatable bonds is 4. The fraction of sp³-hybridized carbons (Fsp3) is 0.0323. The summed E-state index contributed by atoms with van der Waals surface area (Å²) in [6, 6.07) is 74.4. The standard InChI is InChI=1S/C62H39N3O/c1-2-17-42-35-45(28-27-38(42)13-1)52-25-12-26-53(49-24-11-20-39-14-5-8-21-46(39)49)64-62(63-52)60-55(33-31-50-59-48-23-10-7-16-41(48)30-34-57(59)66-61(50)60)65-54-32-29-40-15-6-9-22-47(40)58(54)51-36-43-18-3-4-19-44(43)37-56(51)65/h1-11,13-25,27-37H,12,26H2/b52-25-,63-62-,64-53+. The molecule has 0 unspecified atom stereocenters. The molecule has 0 atom stereocenters. The Morgan fingerprint density at radius 1 is 0.424 bits per heavy atom. The summed E-state index contributed by atoms with van der Waals surface area (Å²) in [5, 5.41) is 16.4. The van der Waals surface area contributed by atoms with Crippen molar-refractivity contribution in [1.29, 1.82) is 0 Å². The van der Waals surface area contributed by atoms with Gasteiger partial charge in [-0.1, -0.05) is 170 Å². The molecule has 2 aromatic heterocycles. The number of aliphatic imine (C=N–C) groups is 2. The Balaban J connectivity index is 1.15. The second-order valence-corrected chi connectivity index (χ2v) is 17.5. The van der Waals surface area contributed by atoms with Gasteiger partial charge in [-0.15, -0.1) is 0 Å². The largest absolute Gasteiger partial charge is 0.455 e. The van der Waals surface area contributed by atoms with Crippen LogP contribution in [-0.2, 0) is 0 Å². The van der Waals surface area contributed by atoms with Gasteiger partial charge in [-0.05, 0) is 109 Å². The van der Waals surface area contributed by atoms with E-state index < -0.39 is 0 Å². The van der Waals surface area contributed by atoms with E-state index in [1.54, 1.807) is 0 Å². The number of furan rings is 1. The van der Waals surface area contributed by atoms with Crippen LogP contribution in [0.25, 0.3) is 109 Å². The molecule has 0 radical (unpaired) electrons. The first-order valence-electron chi connectivity index (χ1n) is 22.8. The smallest absolute Gasteiger partial charge is 0.165 e. The summed E-state index contributed by atoms with van der Waals surface area (Å²) in [5.74, 6) is 0.609. The molecule has 4 nitrogen and oxygen atoms in total. The molecule has 14 rings (SSSR count). The third-order valence-electron chi connectivity index (χ3n) is 13.8. The molecule has 0 bridgehead atoms. The summed E-state index contributed by atoms with van der Waals surface area (Å²) in [6.07, 6.45) is 3.81. The van der Waals surface area contributed by atoms with Gasteiger partial charge in [-0.2, -0.15) is 0 Å². The Bertz CT molecular complexity index is 4290. The number of allylic oxidation sites excluding steroid dienone is 1. The normalized spacial score (nSPS) is 16.0. The van der Waals surface area contributed by atoms with Gasteiger partial charge in [0.15, 0.2) is 5.84 Å². The molecular formula is C62H39N3O. The number of nitrogens with zero attached hydrogens (tertiary/aromatic N) is 3. The van der Waals surface area contributed by atoms with Gasteiger partial charge in [-0.25, -0.2) is 9.98 Å². The van der Waals surface area contributed by atoms with Gasteiger partial charge in [0.05, 0.1) is 33.7 Å². The zero-order valence-corrected chi connectivity index (χ0v) is 35.9. The molecule has 0 amide bonds. The Labute approximate surface area is 379 Å². The monoisotopic (exact) mass is 841 g/mol. The van der Waals surface area contributed by atoms with Gasteiger partial charge in [0, 0.05) is 32.7 Å². The molecule has 0 fully saturated rings. The van der Waals surface area contributed by atoms with Crippen LogP contribution in [0, 0.1) is 0 Å². The third kappa shape index (κ3) is 5.65. The number of hydrogen-bond acceptors (Lipinski definition) is 3. The van der Waals surface area contributed by atoms with E-state index in [0.29, 0.717) is 5.84 Å². The van der Waals surface area contributed by atoms with Crippen LogP contribution in [-0.4, -0.2) is 16.1 Å². The SMILES string of the molecule is C1=C(c2ccc3ccccc3c2)/N=C(c2c(-n3c4cc5ccccc5cc4c4c5ccccc5ccc43)ccc3c2oc2ccc4ccccc4c23)\N=C(\c2cccc3ccccc23)CC\1. The molecule has 66 heavy (non-hydrogen) atoms. The van der Waals surface area contributed by atoms with Crippen molar-refractivity contribution in [3.8, 4) is 5.69 Å². The first kappa shape index (κ1) is 36.8. The fourth-order valence-electron chi connectivity index (χ4n) is 10.8. The van der Waals surface area contributed by atoms with Crippen molar-refractivity contribution in [2.45, 2.75) is 12.8 Å². The number of aromatic nitrogens is 1. The highest BCUT2D eigenvalue weighted by atomic mass is 16.3. The van der Waals surface area contributed by atoms with Gasteiger partial charge in [0.25, 0.3) is 0 Å². The summed E-state index contributed by atoms with van der Waals surface area (Å²) in [5.41, 5.74) is 9.65. The van der Waals surface area contributed by atoms with Crippen LogP contribution in [0.3, 0.4) is 0 Å². The van der Waals surface area contributed by atoms with Crippen molar-refractivity contribution < 1.29 is 4.42 Å². The summed E-state index contributed by atoms with van der Waals surface area (Å²) in [6.45, 7) is 0. The minimum atomic E-state index is 0.609. The highest BCUT2D eigenvalue weighted by molar-refractivity contribution is 6.28. The highest BCUT2D eigenvalue weighted by Gasteiger charge is 2.27. The molecule has 0 spiro atoms. The van der Waals surface area contributed by atoms with Crippen LogP contribution in [0.4, 0.5) is 0 Å². The number of amidine groups is 1. The molecule has 0 aliphatic carbocycles. The Morgan fingerprint density at radius 3 is 1.83 bits per heavy atom. The lowest BCUT2D eigenvalue weighted by Crippen LogP contribution is -2.12. The van der Waals surface area contributed by atoms with Crippen LogP contribution < -0.4 is 0 Å². The average molecular weight is 842 g/mol. The first-order chi connectivity index (χ1) is 32.7. The molecule has 0 N–H and O–H groups in total. The molecule has 0 saturated heterocycles. The molecule has 0 saturated carbocycles. The van der Waals surface area contributed by atoms with Gasteiger partial charge in [-0.3, -0.25) is 0 Å². The molecule has 3 heterocycles. The predicted molar refractivity (Wildman–Crippen MR) is 279 cm³/mol. The molecule has 13 aromatic rings.